The molecule has 2 heterocycles. The van der Waals surface area contributed by atoms with Crippen LogP contribution >= 0.6 is 22.9 Å². The van der Waals surface area contributed by atoms with Crippen molar-refractivity contribution in [1.82, 2.24) is 9.55 Å². The van der Waals surface area contributed by atoms with Crippen LogP contribution in [0, 0.1) is 6.92 Å². The molecule has 0 aliphatic heterocycles. The molecule has 0 saturated heterocycles. The van der Waals surface area contributed by atoms with E-state index in [1.165, 1.54) is 29.3 Å². The van der Waals surface area contributed by atoms with Crippen molar-refractivity contribution in [2.75, 3.05) is 7.11 Å². The lowest BCUT2D eigenvalue weighted by atomic mass is 10.2. The van der Waals surface area contributed by atoms with E-state index in [9.17, 15) is 9.59 Å². The Morgan fingerprint density at radius 3 is 2.91 bits per heavy atom. The zero-order chi connectivity index (χ0) is 16.6. The monoisotopic (exact) mass is 348 g/mol. The number of ether oxygens (including phenoxy) is 1. The van der Waals surface area contributed by atoms with Gasteiger partial charge in [0.05, 0.1) is 25.4 Å². The molecule has 0 saturated carbocycles. The molecule has 0 amide bonds. The smallest absolute Gasteiger partial charge is 0.348 e. The molecule has 118 valence electrons. The molecule has 3 aromatic rings. The lowest BCUT2D eigenvalue weighted by Crippen LogP contribution is -2.21. The van der Waals surface area contributed by atoms with Gasteiger partial charge in [-0.15, -0.1) is 11.3 Å². The first kappa shape index (κ1) is 15.7. The fourth-order valence-electron chi connectivity index (χ4n) is 2.39. The number of methoxy groups -OCH3 is 1. The zero-order valence-corrected chi connectivity index (χ0v) is 14.1. The van der Waals surface area contributed by atoms with Crippen LogP contribution in [-0.4, -0.2) is 22.6 Å². The van der Waals surface area contributed by atoms with Gasteiger partial charge in [-0.25, -0.2) is 9.78 Å². The number of hydrogen-bond donors (Lipinski definition) is 0. The number of hydrogen-bond acceptors (Lipinski definition) is 5. The molecule has 23 heavy (non-hydrogen) atoms. The van der Waals surface area contributed by atoms with Crippen LogP contribution in [0.4, 0.5) is 0 Å². The number of thiophene rings is 1. The minimum Gasteiger partial charge on any atom is -0.465 e. The maximum Gasteiger partial charge on any atom is 0.348 e. The number of carbonyl (C=O) groups is 1. The second-order valence-corrected chi connectivity index (χ2v) is 6.47. The Labute approximate surface area is 141 Å². The number of aryl methyl sites for hydroxylation is 1. The fourth-order valence-corrected chi connectivity index (χ4v) is 3.66. The molecular formula is C16H13ClN2O3S. The van der Waals surface area contributed by atoms with Crippen molar-refractivity contribution in [3.05, 3.63) is 62.0 Å². The molecule has 0 unspecified atom stereocenters. The van der Waals surface area contributed by atoms with E-state index in [1.54, 1.807) is 19.1 Å². The number of halogens is 1. The molecule has 1 aromatic carbocycles. The van der Waals surface area contributed by atoms with Gasteiger partial charge in [-0.3, -0.25) is 9.36 Å². The van der Waals surface area contributed by atoms with E-state index in [1.807, 2.05) is 12.1 Å². The van der Waals surface area contributed by atoms with Crippen molar-refractivity contribution >= 4 is 39.1 Å². The van der Waals surface area contributed by atoms with Gasteiger partial charge in [0.2, 0.25) is 0 Å². The molecule has 0 N–H and O–H groups in total. The minimum atomic E-state index is -0.453. The summed E-state index contributed by atoms with van der Waals surface area (Å²) >= 11 is 7.14. The molecule has 7 heteroatoms. The average molecular weight is 349 g/mol. The van der Waals surface area contributed by atoms with Gasteiger partial charge >= 0.3 is 5.97 Å². The van der Waals surface area contributed by atoms with Crippen molar-refractivity contribution in [3.63, 3.8) is 0 Å². The van der Waals surface area contributed by atoms with E-state index in [0.29, 0.717) is 32.2 Å². The van der Waals surface area contributed by atoms with Crippen molar-refractivity contribution in [3.8, 4) is 0 Å². The number of fused-ring (bicyclic) bond motifs is 1. The van der Waals surface area contributed by atoms with E-state index in [4.69, 9.17) is 16.3 Å². The molecule has 5 nitrogen and oxygen atoms in total. The Bertz CT molecular complexity index is 962. The summed E-state index contributed by atoms with van der Waals surface area (Å²) < 4.78 is 6.25. The van der Waals surface area contributed by atoms with Crippen molar-refractivity contribution < 1.29 is 9.53 Å². The SMILES string of the molecule is COC(=O)c1sc2ncn(Cc3cccc(Cl)c3)c(=O)c2c1C. The second-order valence-electron chi connectivity index (χ2n) is 5.04. The molecule has 0 fully saturated rings. The number of nitrogens with zero attached hydrogens (tertiary/aromatic N) is 2. The Kier molecular flexibility index (Phi) is 4.19. The van der Waals surface area contributed by atoms with E-state index in [2.05, 4.69) is 4.98 Å². The third-order valence-electron chi connectivity index (χ3n) is 3.53. The average Bonchev–Trinajstić information content (AvgIpc) is 2.87. The Morgan fingerprint density at radius 2 is 2.22 bits per heavy atom. The lowest BCUT2D eigenvalue weighted by molar-refractivity contribution is 0.0605. The molecule has 0 radical (unpaired) electrons. The maximum absolute atomic E-state index is 12.7. The van der Waals surface area contributed by atoms with Crippen LogP contribution < -0.4 is 5.56 Å². The summed E-state index contributed by atoms with van der Waals surface area (Å²) in [6, 6.07) is 7.31. The van der Waals surface area contributed by atoms with Gasteiger partial charge < -0.3 is 4.74 Å². The third-order valence-corrected chi connectivity index (χ3v) is 4.94. The predicted molar refractivity (Wildman–Crippen MR) is 90.5 cm³/mol. The molecule has 0 aliphatic carbocycles. The number of esters is 1. The molecule has 0 bridgehead atoms. The number of benzene rings is 1. The Hall–Kier alpha value is -2.18. The predicted octanol–water partition coefficient (Wildman–Crippen LogP) is 3.25. The maximum atomic E-state index is 12.7. The van der Waals surface area contributed by atoms with Gasteiger partial charge in [-0.05, 0) is 30.2 Å². The first-order valence-electron chi connectivity index (χ1n) is 6.82. The second kappa shape index (κ2) is 6.14. The van der Waals surface area contributed by atoms with Crippen molar-refractivity contribution in [2.24, 2.45) is 0 Å². The quantitative estimate of drug-likeness (QED) is 0.682. The van der Waals surface area contributed by atoms with Gasteiger partial charge in [-0.1, -0.05) is 23.7 Å². The molecular weight excluding hydrogens is 336 g/mol. The summed E-state index contributed by atoms with van der Waals surface area (Å²) in [5.41, 5.74) is 1.33. The van der Waals surface area contributed by atoms with Gasteiger partial charge in [0.1, 0.15) is 9.71 Å². The minimum absolute atomic E-state index is 0.182. The number of aromatic nitrogens is 2. The van der Waals surface area contributed by atoms with E-state index in [-0.39, 0.29) is 5.56 Å². The first-order valence-corrected chi connectivity index (χ1v) is 8.02. The van der Waals surface area contributed by atoms with Crippen LogP contribution in [0.15, 0.2) is 35.4 Å². The number of rotatable bonds is 3. The molecule has 0 atom stereocenters. The van der Waals surface area contributed by atoms with Crippen molar-refractivity contribution in [2.45, 2.75) is 13.5 Å². The lowest BCUT2D eigenvalue weighted by Gasteiger charge is -2.06. The summed E-state index contributed by atoms with van der Waals surface area (Å²) in [6.07, 6.45) is 1.49. The summed E-state index contributed by atoms with van der Waals surface area (Å²) in [6.45, 7) is 2.10. The van der Waals surface area contributed by atoms with E-state index >= 15 is 0 Å². The summed E-state index contributed by atoms with van der Waals surface area (Å²) in [5.74, 6) is -0.453. The highest BCUT2D eigenvalue weighted by atomic mass is 35.5. The van der Waals surface area contributed by atoms with Crippen molar-refractivity contribution in [1.29, 1.82) is 0 Å². The van der Waals surface area contributed by atoms with Gasteiger partial charge in [-0.2, -0.15) is 0 Å². The zero-order valence-electron chi connectivity index (χ0n) is 12.5. The standard InChI is InChI=1S/C16H13ClN2O3S/c1-9-12-14(23-13(9)16(21)22-2)18-8-19(15(12)20)7-10-4-3-5-11(17)6-10/h3-6,8H,7H2,1-2H3. The van der Waals surface area contributed by atoms with E-state index in [0.717, 1.165) is 5.56 Å². The third kappa shape index (κ3) is 2.87. The van der Waals surface area contributed by atoms with Crippen LogP contribution in [-0.2, 0) is 11.3 Å². The van der Waals surface area contributed by atoms with Crippen LogP contribution in [0.1, 0.15) is 20.8 Å². The fraction of sp³-hybridized carbons (Fsp3) is 0.188. The topological polar surface area (TPSA) is 61.2 Å². The molecule has 0 spiro atoms. The first-order chi connectivity index (χ1) is 11.0. The normalized spacial score (nSPS) is 10.9. The number of carbonyl (C=O) groups excluding carboxylic acids is 1. The van der Waals surface area contributed by atoms with Crippen LogP contribution in [0.5, 0.6) is 0 Å². The summed E-state index contributed by atoms with van der Waals surface area (Å²) in [7, 11) is 1.32. The highest BCUT2D eigenvalue weighted by Gasteiger charge is 2.19. The highest BCUT2D eigenvalue weighted by molar-refractivity contribution is 7.20. The molecule has 3 rings (SSSR count). The van der Waals surface area contributed by atoms with Crippen LogP contribution in [0.2, 0.25) is 5.02 Å². The molecule has 0 aliphatic rings. The highest BCUT2D eigenvalue weighted by Crippen LogP contribution is 2.27. The summed E-state index contributed by atoms with van der Waals surface area (Å²) in [4.78, 5) is 29.7. The summed E-state index contributed by atoms with van der Waals surface area (Å²) in [5, 5.41) is 1.07. The van der Waals surface area contributed by atoms with Gasteiger partial charge in [0.25, 0.3) is 5.56 Å². The Morgan fingerprint density at radius 1 is 1.43 bits per heavy atom. The van der Waals surface area contributed by atoms with Gasteiger partial charge in [0.15, 0.2) is 0 Å². The molecule has 2 aromatic heterocycles. The van der Waals surface area contributed by atoms with Gasteiger partial charge in [0, 0.05) is 5.02 Å². The van der Waals surface area contributed by atoms with Crippen LogP contribution in [0.25, 0.3) is 10.2 Å². The largest absolute Gasteiger partial charge is 0.465 e. The van der Waals surface area contributed by atoms with E-state index < -0.39 is 5.97 Å². The Balaban J connectivity index is 2.10. The van der Waals surface area contributed by atoms with Crippen LogP contribution in [0.3, 0.4) is 0 Å².